The van der Waals surface area contributed by atoms with E-state index in [2.05, 4.69) is 10.5 Å². The highest BCUT2D eigenvalue weighted by molar-refractivity contribution is 5.72. The van der Waals surface area contributed by atoms with Crippen LogP contribution in [0.5, 0.6) is 0 Å². The van der Waals surface area contributed by atoms with Crippen molar-refractivity contribution in [1.29, 1.82) is 0 Å². The van der Waals surface area contributed by atoms with Crippen molar-refractivity contribution >= 4 is 17.9 Å². The molecule has 2 aliphatic rings. The Morgan fingerprint density at radius 1 is 1.35 bits per heavy atom. The molecule has 1 aromatic rings. The van der Waals surface area contributed by atoms with Gasteiger partial charge in [0.05, 0.1) is 25.2 Å². The maximum Gasteiger partial charge on any atom is 0.509 e. The molecule has 0 aromatic carbocycles. The Labute approximate surface area is 175 Å². The molecule has 172 valence electrons. The minimum absolute atomic E-state index is 0.00883. The second-order valence-electron chi connectivity index (χ2n) is 7.23. The van der Waals surface area contributed by atoms with Gasteiger partial charge in [0.2, 0.25) is 0 Å². The Balaban J connectivity index is 1.70. The SMILES string of the molecule is CC(C)C(=O)ONc1ccn([C@@H]2OC(COC(O)[C@H](N)CO)[C@H]3OC(=O)O[C@H]32)c(=O)n1. The van der Waals surface area contributed by atoms with Crippen molar-refractivity contribution in [3.05, 3.63) is 22.7 Å². The van der Waals surface area contributed by atoms with Gasteiger partial charge in [-0.1, -0.05) is 13.8 Å². The van der Waals surface area contributed by atoms with E-state index in [1.165, 1.54) is 12.3 Å². The van der Waals surface area contributed by atoms with Crippen LogP contribution in [-0.2, 0) is 28.6 Å². The first-order chi connectivity index (χ1) is 14.7. The number of carbonyl (C=O) groups is 2. The molecule has 2 saturated heterocycles. The minimum atomic E-state index is -1.48. The number of aromatic nitrogens is 2. The molecule has 14 nitrogen and oxygen atoms in total. The number of nitrogens with two attached hydrogens (primary N) is 1. The van der Waals surface area contributed by atoms with E-state index >= 15 is 0 Å². The summed E-state index contributed by atoms with van der Waals surface area (Å²) in [6, 6.07) is 0.325. The molecule has 0 bridgehead atoms. The van der Waals surface area contributed by atoms with Crippen molar-refractivity contribution in [1.82, 2.24) is 9.55 Å². The van der Waals surface area contributed by atoms with Crippen LogP contribution >= 0.6 is 0 Å². The first kappa shape index (κ1) is 22.9. The lowest BCUT2D eigenvalue weighted by molar-refractivity contribution is -0.158. The molecule has 6 atom stereocenters. The van der Waals surface area contributed by atoms with Crippen molar-refractivity contribution in [2.75, 3.05) is 18.7 Å². The van der Waals surface area contributed by atoms with Gasteiger partial charge in [-0.25, -0.2) is 19.9 Å². The highest BCUT2D eigenvalue weighted by atomic mass is 16.8. The molecular formula is C17H24N4O10. The van der Waals surface area contributed by atoms with Gasteiger partial charge in [0.25, 0.3) is 0 Å². The summed E-state index contributed by atoms with van der Waals surface area (Å²) in [5.41, 5.74) is 6.99. The molecule has 0 aliphatic carbocycles. The van der Waals surface area contributed by atoms with E-state index in [-0.39, 0.29) is 18.3 Å². The van der Waals surface area contributed by atoms with Gasteiger partial charge in [-0.15, -0.1) is 0 Å². The second kappa shape index (κ2) is 9.57. The number of aliphatic hydroxyl groups excluding tert-OH is 2. The predicted octanol–water partition coefficient (Wildman–Crippen LogP) is -1.77. The van der Waals surface area contributed by atoms with Crippen molar-refractivity contribution in [3.63, 3.8) is 0 Å². The van der Waals surface area contributed by atoms with Crippen LogP contribution in [0.25, 0.3) is 0 Å². The number of nitrogens with zero attached hydrogens (tertiary/aromatic N) is 2. The van der Waals surface area contributed by atoms with E-state index in [1.807, 2.05) is 0 Å². The molecule has 2 unspecified atom stereocenters. The number of fused-ring (bicyclic) bond motifs is 1. The van der Waals surface area contributed by atoms with Crippen LogP contribution in [0.2, 0.25) is 0 Å². The third-order valence-electron chi connectivity index (χ3n) is 4.59. The van der Waals surface area contributed by atoms with E-state index in [9.17, 15) is 19.5 Å². The lowest BCUT2D eigenvalue weighted by atomic mass is 10.1. The number of carbonyl (C=O) groups excluding carboxylic acids is 2. The number of hydrogen-bond donors (Lipinski definition) is 4. The monoisotopic (exact) mass is 444 g/mol. The summed E-state index contributed by atoms with van der Waals surface area (Å²) < 4.78 is 22.2. The Hall–Kier alpha value is -2.78. The molecule has 31 heavy (non-hydrogen) atoms. The predicted molar refractivity (Wildman–Crippen MR) is 99.1 cm³/mol. The lowest BCUT2D eigenvalue weighted by Gasteiger charge is -2.21. The minimum Gasteiger partial charge on any atom is -0.424 e. The average molecular weight is 444 g/mol. The maximum absolute atomic E-state index is 12.5. The first-order valence-electron chi connectivity index (χ1n) is 9.46. The Bertz CT molecular complexity index is 862. The number of anilines is 1. The molecule has 0 spiro atoms. The Morgan fingerprint density at radius 3 is 2.71 bits per heavy atom. The molecule has 0 amide bonds. The fourth-order valence-corrected chi connectivity index (χ4v) is 2.87. The van der Waals surface area contributed by atoms with Crippen molar-refractivity contribution in [2.24, 2.45) is 11.7 Å². The third kappa shape index (κ3) is 5.11. The first-order valence-corrected chi connectivity index (χ1v) is 9.46. The molecular weight excluding hydrogens is 420 g/mol. The van der Waals surface area contributed by atoms with Gasteiger partial charge in [0.1, 0.15) is 6.10 Å². The summed E-state index contributed by atoms with van der Waals surface area (Å²) in [6.45, 7) is 2.53. The van der Waals surface area contributed by atoms with Crippen LogP contribution in [-0.4, -0.2) is 75.7 Å². The summed E-state index contributed by atoms with van der Waals surface area (Å²) in [4.78, 5) is 44.2. The van der Waals surface area contributed by atoms with E-state index in [4.69, 9.17) is 34.6 Å². The molecule has 0 saturated carbocycles. The second-order valence-corrected chi connectivity index (χ2v) is 7.23. The number of aliphatic hydroxyl groups is 2. The summed E-state index contributed by atoms with van der Waals surface area (Å²) in [7, 11) is 0. The van der Waals surface area contributed by atoms with Crippen molar-refractivity contribution in [2.45, 2.75) is 50.7 Å². The summed E-state index contributed by atoms with van der Waals surface area (Å²) in [6.07, 6.45) is -4.96. The van der Waals surface area contributed by atoms with Gasteiger partial charge in [-0.2, -0.15) is 4.98 Å². The summed E-state index contributed by atoms with van der Waals surface area (Å²) in [5.74, 6) is -0.919. The van der Waals surface area contributed by atoms with Gasteiger partial charge < -0.3 is 39.7 Å². The normalized spacial score (nSPS) is 26.7. The average Bonchev–Trinajstić information content (AvgIpc) is 3.27. The largest absolute Gasteiger partial charge is 0.509 e. The quantitative estimate of drug-likeness (QED) is 0.190. The van der Waals surface area contributed by atoms with Crippen LogP contribution in [0, 0.1) is 5.92 Å². The fraction of sp³-hybridized carbons (Fsp3) is 0.647. The Morgan fingerprint density at radius 2 is 2.06 bits per heavy atom. The van der Waals surface area contributed by atoms with Gasteiger partial charge in [-0.05, 0) is 0 Å². The molecule has 1 aromatic heterocycles. The Kier molecular flexibility index (Phi) is 7.07. The molecule has 14 heteroatoms. The van der Waals surface area contributed by atoms with E-state index in [0.29, 0.717) is 0 Å². The van der Waals surface area contributed by atoms with Crippen molar-refractivity contribution < 1.29 is 43.6 Å². The van der Waals surface area contributed by atoms with Gasteiger partial charge >= 0.3 is 17.8 Å². The van der Waals surface area contributed by atoms with Gasteiger partial charge in [0.15, 0.2) is 30.5 Å². The number of rotatable bonds is 9. The molecule has 0 radical (unpaired) electrons. The zero-order valence-corrected chi connectivity index (χ0v) is 16.7. The smallest absolute Gasteiger partial charge is 0.424 e. The highest BCUT2D eigenvalue weighted by Gasteiger charge is 2.55. The van der Waals surface area contributed by atoms with Crippen LogP contribution in [0.1, 0.15) is 20.1 Å². The van der Waals surface area contributed by atoms with Crippen LogP contribution in [0.4, 0.5) is 10.6 Å². The zero-order valence-electron chi connectivity index (χ0n) is 16.7. The fourth-order valence-electron chi connectivity index (χ4n) is 2.87. The van der Waals surface area contributed by atoms with Crippen LogP contribution < -0.4 is 16.9 Å². The number of ether oxygens (including phenoxy) is 4. The maximum atomic E-state index is 12.5. The highest BCUT2D eigenvalue weighted by Crippen LogP contribution is 2.37. The zero-order chi connectivity index (χ0) is 22.7. The number of hydrogen-bond acceptors (Lipinski definition) is 13. The molecule has 2 aliphatic heterocycles. The van der Waals surface area contributed by atoms with E-state index < -0.39 is 61.3 Å². The van der Waals surface area contributed by atoms with Gasteiger partial charge in [-0.3, -0.25) is 4.57 Å². The summed E-state index contributed by atoms with van der Waals surface area (Å²) >= 11 is 0. The van der Waals surface area contributed by atoms with Crippen LogP contribution in [0.3, 0.4) is 0 Å². The standard InChI is InChI=1S/C17H24N4O10/c1-7(2)14(23)31-20-10-3-4-21(16(25)19-10)13-12-11(29-17(26)30-12)9(28-13)6-27-15(24)8(18)5-22/h3-4,7-9,11-13,15,22,24H,5-6,18H2,1-2H3,(H,19,20,25)/t8-,9?,11-,12-,13-,15?/m1/s1. The summed E-state index contributed by atoms with van der Waals surface area (Å²) in [5, 5.41) is 18.7. The number of nitrogens with one attached hydrogen (secondary N) is 1. The van der Waals surface area contributed by atoms with Crippen molar-refractivity contribution in [3.8, 4) is 0 Å². The molecule has 3 heterocycles. The molecule has 2 fully saturated rings. The molecule has 3 rings (SSSR count). The lowest BCUT2D eigenvalue weighted by Crippen LogP contribution is -2.42. The van der Waals surface area contributed by atoms with Crippen LogP contribution in [0.15, 0.2) is 17.1 Å². The van der Waals surface area contributed by atoms with Gasteiger partial charge in [0, 0.05) is 12.3 Å². The third-order valence-corrected chi connectivity index (χ3v) is 4.59. The van der Waals surface area contributed by atoms with E-state index in [1.54, 1.807) is 13.8 Å². The molecule has 5 N–H and O–H groups in total. The topological polar surface area (TPSA) is 194 Å². The van der Waals surface area contributed by atoms with E-state index in [0.717, 1.165) is 4.57 Å².